The van der Waals surface area contributed by atoms with Crippen LogP contribution in [0.1, 0.15) is 45.4 Å². The van der Waals surface area contributed by atoms with Gasteiger partial charge in [0.1, 0.15) is 5.76 Å². The van der Waals surface area contributed by atoms with E-state index in [0.29, 0.717) is 30.8 Å². The molecule has 4 aliphatic carbocycles. The Morgan fingerprint density at radius 2 is 2.19 bits per heavy atom. The molecule has 4 rings (SSSR count). The van der Waals surface area contributed by atoms with Crippen molar-refractivity contribution in [1.82, 2.24) is 4.90 Å². The molecule has 1 amide bonds. The van der Waals surface area contributed by atoms with Gasteiger partial charge in [-0.15, -0.1) is 0 Å². The molecule has 0 aliphatic heterocycles. The topological polar surface area (TPSA) is 49.8 Å². The minimum Gasteiger partial charge on any atom is -0.497 e. The third-order valence-electron chi connectivity index (χ3n) is 8.04. The number of ether oxygens (including phenoxy) is 1. The maximum absolute atomic E-state index is 11.8. The summed E-state index contributed by atoms with van der Waals surface area (Å²) in [6, 6.07) is 0.333. The molecule has 0 heterocycles. The molecule has 1 N–H and O–H groups in total. The van der Waals surface area contributed by atoms with Gasteiger partial charge in [-0.25, -0.2) is 0 Å². The summed E-state index contributed by atoms with van der Waals surface area (Å²) in [5.74, 6) is 3.62. The van der Waals surface area contributed by atoms with Crippen LogP contribution in [0.4, 0.5) is 0 Å². The highest BCUT2D eigenvalue weighted by molar-refractivity contribution is 5.48. The van der Waals surface area contributed by atoms with Gasteiger partial charge >= 0.3 is 0 Å². The van der Waals surface area contributed by atoms with E-state index < -0.39 is 0 Å². The first-order valence-corrected chi connectivity index (χ1v) is 10.6. The van der Waals surface area contributed by atoms with Gasteiger partial charge in [-0.2, -0.15) is 0 Å². The molecule has 4 nitrogen and oxygen atoms in total. The Balaban J connectivity index is 1.55. The number of amides is 1. The molecule has 4 aliphatic rings. The summed E-state index contributed by atoms with van der Waals surface area (Å²) in [6.45, 7) is 3.27. The molecule has 0 bridgehead atoms. The highest BCUT2D eigenvalue weighted by Gasteiger charge is 2.56. The van der Waals surface area contributed by atoms with Crippen molar-refractivity contribution in [3.63, 3.8) is 0 Å². The molecule has 0 aromatic rings. The van der Waals surface area contributed by atoms with Crippen molar-refractivity contribution < 1.29 is 14.6 Å². The molecule has 4 unspecified atom stereocenters. The summed E-state index contributed by atoms with van der Waals surface area (Å²) in [4.78, 5) is 13.7. The molecular formula is C23H33NO3. The third kappa shape index (κ3) is 3.06. The Hall–Kier alpha value is -1.55. The predicted molar refractivity (Wildman–Crippen MR) is 106 cm³/mol. The van der Waals surface area contributed by atoms with Crippen LogP contribution in [0.15, 0.2) is 35.6 Å². The molecule has 0 aromatic heterocycles. The van der Waals surface area contributed by atoms with Crippen LogP contribution in [0.25, 0.3) is 0 Å². The lowest BCUT2D eigenvalue weighted by atomic mass is 9.53. The van der Waals surface area contributed by atoms with E-state index in [9.17, 15) is 9.90 Å². The van der Waals surface area contributed by atoms with Crippen molar-refractivity contribution in [3.8, 4) is 0 Å². The Labute approximate surface area is 163 Å². The molecule has 0 radical (unpaired) electrons. The molecule has 148 valence electrons. The first-order chi connectivity index (χ1) is 13.1. The van der Waals surface area contributed by atoms with E-state index in [2.05, 4.69) is 31.2 Å². The van der Waals surface area contributed by atoms with E-state index in [1.807, 2.05) is 4.90 Å². The van der Waals surface area contributed by atoms with Crippen LogP contribution >= 0.6 is 0 Å². The maximum atomic E-state index is 11.8. The number of carbonyl (C=O) groups is 1. The van der Waals surface area contributed by atoms with Crippen molar-refractivity contribution in [2.75, 3.05) is 20.3 Å². The second-order valence-electron chi connectivity index (χ2n) is 9.07. The van der Waals surface area contributed by atoms with E-state index in [1.54, 1.807) is 7.11 Å². The number of methoxy groups -OCH3 is 1. The van der Waals surface area contributed by atoms with Gasteiger partial charge < -0.3 is 14.7 Å². The van der Waals surface area contributed by atoms with Crippen LogP contribution < -0.4 is 0 Å². The molecule has 27 heavy (non-hydrogen) atoms. The average Bonchev–Trinajstić information content (AvgIpc) is 3.05. The van der Waals surface area contributed by atoms with E-state index in [1.165, 1.54) is 24.8 Å². The van der Waals surface area contributed by atoms with E-state index in [-0.39, 0.29) is 12.0 Å². The third-order valence-corrected chi connectivity index (χ3v) is 8.04. The number of allylic oxidation sites excluding steroid dienone is 5. The molecule has 2 fully saturated rings. The van der Waals surface area contributed by atoms with Crippen molar-refractivity contribution in [2.24, 2.45) is 29.1 Å². The Morgan fingerprint density at radius 3 is 2.93 bits per heavy atom. The van der Waals surface area contributed by atoms with E-state index >= 15 is 0 Å². The zero-order chi connectivity index (χ0) is 19.0. The smallest absolute Gasteiger partial charge is 0.209 e. The van der Waals surface area contributed by atoms with E-state index in [4.69, 9.17) is 4.74 Å². The number of nitrogens with zero attached hydrogens (tertiary/aromatic N) is 1. The lowest BCUT2D eigenvalue weighted by Gasteiger charge is -2.53. The minimum atomic E-state index is 0.153. The zero-order valence-electron chi connectivity index (χ0n) is 16.6. The lowest BCUT2D eigenvalue weighted by Crippen LogP contribution is -2.51. The van der Waals surface area contributed by atoms with Crippen molar-refractivity contribution in [2.45, 2.75) is 51.5 Å². The summed E-state index contributed by atoms with van der Waals surface area (Å²) < 4.78 is 5.42. The fraction of sp³-hybridized carbons (Fsp3) is 0.696. The summed E-state index contributed by atoms with van der Waals surface area (Å²) in [7, 11) is 1.74. The van der Waals surface area contributed by atoms with Crippen molar-refractivity contribution in [3.05, 3.63) is 35.6 Å². The summed E-state index contributed by atoms with van der Waals surface area (Å²) >= 11 is 0. The Kier molecular flexibility index (Phi) is 5.19. The largest absolute Gasteiger partial charge is 0.497 e. The number of rotatable bonds is 6. The lowest BCUT2D eigenvalue weighted by molar-refractivity contribution is -0.124. The fourth-order valence-electron chi connectivity index (χ4n) is 6.76. The van der Waals surface area contributed by atoms with Gasteiger partial charge in [0.2, 0.25) is 6.41 Å². The molecule has 2 saturated carbocycles. The second-order valence-corrected chi connectivity index (χ2v) is 9.07. The van der Waals surface area contributed by atoms with Crippen LogP contribution in [0.3, 0.4) is 0 Å². The zero-order valence-corrected chi connectivity index (χ0v) is 16.6. The quantitative estimate of drug-likeness (QED) is 0.725. The SMILES string of the molecule is COC1=CC2=CCC3C(CC[C@@]4(C)C3CC[C@@H]4N(C=O)CCCO)C2C=C1. The number of fused-ring (bicyclic) bond motifs is 5. The molecular weight excluding hydrogens is 338 g/mol. The molecule has 0 saturated heterocycles. The van der Waals surface area contributed by atoms with Gasteiger partial charge in [-0.1, -0.05) is 19.1 Å². The van der Waals surface area contributed by atoms with Crippen molar-refractivity contribution >= 4 is 6.41 Å². The molecule has 6 atom stereocenters. The summed E-state index contributed by atoms with van der Waals surface area (Å²) in [6.07, 6.45) is 16.8. The first-order valence-electron chi connectivity index (χ1n) is 10.6. The fourth-order valence-corrected chi connectivity index (χ4v) is 6.76. The number of aliphatic hydroxyl groups excluding tert-OH is 1. The highest BCUT2D eigenvalue weighted by Crippen LogP contribution is 2.61. The maximum Gasteiger partial charge on any atom is 0.209 e. The number of hydrogen-bond donors (Lipinski definition) is 1. The monoisotopic (exact) mass is 371 g/mol. The summed E-state index contributed by atoms with van der Waals surface area (Å²) in [5.41, 5.74) is 1.65. The van der Waals surface area contributed by atoms with Crippen LogP contribution in [0.2, 0.25) is 0 Å². The minimum absolute atomic E-state index is 0.153. The Bertz CT molecular complexity index is 667. The highest BCUT2D eigenvalue weighted by atomic mass is 16.5. The predicted octanol–water partition coefficient (Wildman–Crippen LogP) is 3.68. The van der Waals surface area contributed by atoms with Gasteiger partial charge in [0.05, 0.1) is 7.11 Å². The van der Waals surface area contributed by atoms with Crippen LogP contribution in [-0.4, -0.2) is 42.7 Å². The van der Waals surface area contributed by atoms with E-state index in [0.717, 1.165) is 36.8 Å². The molecule has 0 aromatic carbocycles. The van der Waals surface area contributed by atoms with Crippen LogP contribution in [0.5, 0.6) is 0 Å². The second kappa shape index (κ2) is 7.46. The van der Waals surface area contributed by atoms with Crippen molar-refractivity contribution in [1.29, 1.82) is 0 Å². The van der Waals surface area contributed by atoms with Crippen LogP contribution in [-0.2, 0) is 9.53 Å². The van der Waals surface area contributed by atoms with Gasteiger partial charge in [-0.3, -0.25) is 4.79 Å². The normalized spacial score (nSPS) is 39.6. The van der Waals surface area contributed by atoms with Gasteiger partial charge in [0.15, 0.2) is 0 Å². The number of carbonyl (C=O) groups excluding carboxylic acids is 1. The average molecular weight is 372 g/mol. The number of hydrogen-bond acceptors (Lipinski definition) is 3. The van der Waals surface area contributed by atoms with Gasteiger partial charge in [-0.05, 0) is 79.4 Å². The standard InChI is InChI=1S/C23H33NO3/c1-23-11-10-19-18-7-5-17(27-2)14-16(18)4-6-20(19)21(23)8-9-22(23)24(15-26)12-3-13-25/h4-5,7,14-15,18-22,25H,3,6,8-13H2,1-2H3/t18?,19?,20?,21?,22-,23-/m0/s1. The first kappa shape index (κ1) is 18.8. The molecule has 0 spiro atoms. The van der Waals surface area contributed by atoms with Gasteiger partial charge in [0.25, 0.3) is 0 Å². The molecule has 4 heteroatoms. The van der Waals surface area contributed by atoms with Gasteiger partial charge in [0, 0.05) is 25.1 Å². The summed E-state index contributed by atoms with van der Waals surface area (Å²) in [5, 5.41) is 9.18. The van der Waals surface area contributed by atoms with Crippen LogP contribution in [0, 0.1) is 29.1 Å². The Morgan fingerprint density at radius 1 is 1.33 bits per heavy atom. The number of aliphatic hydroxyl groups is 1.